The first kappa shape index (κ1) is 11.4. The number of fused-ring (bicyclic) bond motifs is 1. The van der Waals surface area contributed by atoms with E-state index in [2.05, 4.69) is 20.5 Å². The molecule has 2 aromatic rings. The van der Waals surface area contributed by atoms with Crippen LogP contribution in [0.4, 0.5) is 0 Å². The van der Waals surface area contributed by atoms with Crippen molar-refractivity contribution in [1.29, 1.82) is 0 Å². The Balaban J connectivity index is 1.71. The van der Waals surface area contributed by atoms with Crippen LogP contribution in [0.1, 0.15) is 25.1 Å². The van der Waals surface area contributed by atoms with Gasteiger partial charge in [0.15, 0.2) is 5.82 Å². The molecule has 3 N–H and O–H groups in total. The first-order chi connectivity index (χ1) is 8.68. The minimum atomic E-state index is -0.558. The molecule has 0 radical (unpaired) electrons. The van der Waals surface area contributed by atoms with E-state index in [1.54, 1.807) is 16.8 Å². The van der Waals surface area contributed by atoms with E-state index in [-0.39, 0.29) is 11.2 Å². The van der Waals surface area contributed by atoms with Crippen LogP contribution < -0.4 is 10.9 Å². The lowest BCUT2D eigenvalue weighted by Crippen LogP contribution is -2.46. The van der Waals surface area contributed by atoms with Crippen LogP contribution in [-0.4, -0.2) is 36.8 Å². The lowest BCUT2D eigenvalue weighted by atomic mass is 9.80. The molecule has 0 atom stereocenters. The Hall–Kier alpha value is -1.73. The third-order valence-electron chi connectivity index (χ3n) is 3.43. The van der Waals surface area contributed by atoms with Gasteiger partial charge in [-0.1, -0.05) is 0 Å². The number of aliphatic hydroxyl groups is 1. The van der Waals surface area contributed by atoms with Gasteiger partial charge in [0.05, 0.1) is 12.1 Å². The van der Waals surface area contributed by atoms with Gasteiger partial charge in [0.2, 0.25) is 5.65 Å². The molecule has 1 aliphatic rings. The van der Waals surface area contributed by atoms with Crippen molar-refractivity contribution in [3.63, 3.8) is 0 Å². The highest BCUT2D eigenvalue weighted by atomic mass is 16.3. The average Bonchev–Trinajstić information content (AvgIpc) is 2.72. The van der Waals surface area contributed by atoms with Gasteiger partial charge in [0.1, 0.15) is 0 Å². The highest BCUT2D eigenvalue weighted by Gasteiger charge is 2.33. The van der Waals surface area contributed by atoms with Crippen LogP contribution in [0.2, 0.25) is 0 Å². The molecule has 7 nitrogen and oxygen atoms in total. The van der Waals surface area contributed by atoms with E-state index in [1.807, 2.05) is 0 Å². The van der Waals surface area contributed by atoms with E-state index in [1.165, 1.54) is 0 Å². The van der Waals surface area contributed by atoms with E-state index in [4.69, 9.17) is 0 Å². The van der Waals surface area contributed by atoms with E-state index in [0.29, 0.717) is 18.9 Å². The molecule has 0 spiro atoms. The molecule has 18 heavy (non-hydrogen) atoms. The summed E-state index contributed by atoms with van der Waals surface area (Å²) in [6.45, 7) is 1.03. The van der Waals surface area contributed by atoms with Gasteiger partial charge in [-0.2, -0.15) is 0 Å². The lowest BCUT2D eigenvalue weighted by molar-refractivity contribution is -0.0315. The lowest BCUT2D eigenvalue weighted by Gasteiger charge is -2.36. The minimum Gasteiger partial charge on any atom is -0.389 e. The van der Waals surface area contributed by atoms with E-state index >= 15 is 0 Å². The molecule has 1 saturated carbocycles. The van der Waals surface area contributed by atoms with Gasteiger partial charge in [-0.3, -0.25) is 9.20 Å². The summed E-state index contributed by atoms with van der Waals surface area (Å²) < 4.78 is 1.65. The topological polar surface area (TPSA) is 95.3 Å². The summed E-state index contributed by atoms with van der Waals surface area (Å²) in [4.78, 5) is 14.0. The maximum atomic E-state index is 11.4. The molecule has 0 saturated heterocycles. The fraction of sp³-hybridized carbons (Fsp3) is 0.545. The summed E-state index contributed by atoms with van der Waals surface area (Å²) in [5.74, 6) is 0.666. The van der Waals surface area contributed by atoms with Gasteiger partial charge in [0, 0.05) is 18.9 Å². The monoisotopic (exact) mass is 249 g/mol. The molecular weight excluding hydrogens is 234 g/mol. The van der Waals surface area contributed by atoms with Crippen molar-refractivity contribution in [1.82, 2.24) is 24.9 Å². The molecule has 0 aromatic carbocycles. The third-order valence-corrected chi connectivity index (χ3v) is 3.43. The van der Waals surface area contributed by atoms with Crippen molar-refractivity contribution in [2.45, 2.75) is 31.4 Å². The fourth-order valence-corrected chi connectivity index (χ4v) is 2.18. The van der Waals surface area contributed by atoms with Crippen molar-refractivity contribution in [2.24, 2.45) is 0 Å². The normalized spacial score (nSPS) is 17.8. The number of aromatic amines is 1. The third kappa shape index (κ3) is 1.91. The molecule has 2 aromatic heterocycles. The molecule has 1 fully saturated rings. The molecule has 0 unspecified atom stereocenters. The number of nitrogens with one attached hydrogen (secondary N) is 2. The molecule has 7 heteroatoms. The van der Waals surface area contributed by atoms with Crippen LogP contribution in [0, 0.1) is 0 Å². The van der Waals surface area contributed by atoms with E-state index < -0.39 is 5.60 Å². The van der Waals surface area contributed by atoms with Crippen LogP contribution in [0.5, 0.6) is 0 Å². The number of H-pyrrole nitrogens is 1. The predicted molar refractivity (Wildman–Crippen MR) is 64.1 cm³/mol. The number of aromatic nitrogens is 4. The molecule has 96 valence electrons. The zero-order valence-corrected chi connectivity index (χ0v) is 9.89. The average molecular weight is 249 g/mol. The van der Waals surface area contributed by atoms with Gasteiger partial charge >= 0.3 is 0 Å². The maximum Gasteiger partial charge on any atom is 0.293 e. The van der Waals surface area contributed by atoms with Gasteiger partial charge in [-0.15, -0.1) is 10.2 Å². The molecule has 0 bridgehead atoms. The van der Waals surface area contributed by atoms with Gasteiger partial charge in [0.25, 0.3) is 5.56 Å². The van der Waals surface area contributed by atoms with Crippen molar-refractivity contribution in [3.8, 4) is 0 Å². The van der Waals surface area contributed by atoms with Gasteiger partial charge < -0.3 is 15.4 Å². The Morgan fingerprint density at radius 3 is 3.06 bits per heavy atom. The van der Waals surface area contributed by atoms with E-state index in [0.717, 1.165) is 19.3 Å². The molecular formula is C11H15N5O2. The standard InChI is InChI=1S/C11H15N5O2/c17-10-9-15-14-8(16(9)5-4-13-10)6-12-7-11(18)2-1-3-11/h4-5,12,18H,1-3,6-7H2,(H,13,17). The summed E-state index contributed by atoms with van der Waals surface area (Å²) in [7, 11) is 0. The van der Waals surface area contributed by atoms with Gasteiger partial charge in [-0.05, 0) is 19.3 Å². The highest BCUT2D eigenvalue weighted by Crippen LogP contribution is 2.30. The van der Waals surface area contributed by atoms with Crippen LogP contribution >= 0.6 is 0 Å². The Labute approximate surface area is 103 Å². The summed E-state index contributed by atoms with van der Waals surface area (Å²) >= 11 is 0. The van der Waals surface area contributed by atoms with Crippen LogP contribution in [0.15, 0.2) is 17.2 Å². The number of nitrogens with zero attached hydrogens (tertiary/aromatic N) is 3. The van der Waals surface area contributed by atoms with Crippen LogP contribution in [0.3, 0.4) is 0 Å². The fourth-order valence-electron chi connectivity index (χ4n) is 2.18. The summed E-state index contributed by atoms with van der Waals surface area (Å²) in [5, 5.41) is 20.9. The first-order valence-electron chi connectivity index (χ1n) is 6.02. The minimum absolute atomic E-state index is 0.256. The van der Waals surface area contributed by atoms with Crippen molar-refractivity contribution in [3.05, 3.63) is 28.6 Å². The smallest absolute Gasteiger partial charge is 0.293 e. The van der Waals surface area contributed by atoms with Crippen molar-refractivity contribution in [2.75, 3.05) is 6.54 Å². The number of rotatable bonds is 4. The Morgan fingerprint density at radius 1 is 1.50 bits per heavy atom. The van der Waals surface area contributed by atoms with Crippen LogP contribution in [0.25, 0.3) is 5.65 Å². The Kier molecular flexibility index (Phi) is 2.64. The quantitative estimate of drug-likeness (QED) is 0.674. The second-order valence-corrected chi connectivity index (χ2v) is 4.78. The Bertz CT molecular complexity index is 613. The maximum absolute atomic E-state index is 11.4. The first-order valence-corrected chi connectivity index (χ1v) is 6.02. The second-order valence-electron chi connectivity index (χ2n) is 4.78. The summed E-state index contributed by atoms with van der Waals surface area (Å²) in [6, 6.07) is 0. The molecule has 2 heterocycles. The van der Waals surface area contributed by atoms with Crippen LogP contribution in [-0.2, 0) is 6.54 Å². The summed E-state index contributed by atoms with van der Waals surface area (Å²) in [6.07, 6.45) is 6.05. The number of hydrogen-bond donors (Lipinski definition) is 3. The zero-order chi connectivity index (χ0) is 12.6. The van der Waals surface area contributed by atoms with Gasteiger partial charge in [-0.25, -0.2) is 0 Å². The molecule has 3 rings (SSSR count). The largest absolute Gasteiger partial charge is 0.389 e. The molecule has 0 aliphatic heterocycles. The Morgan fingerprint density at radius 2 is 2.33 bits per heavy atom. The van der Waals surface area contributed by atoms with Crippen molar-refractivity contribution < 1.29 is 5.11 Å². The zero-order valence-electron chi connectivity index (χ0n) is 9.89. The highest BCUT2D eigenvalue weighted by molar-refractivity contribution is 5.33. The predicted octanol–water partition coefficient (Wildman–Crippen LogP) is -0.578. The summed E-state index contributed by atoms with van der Waals surface area (Å²) in [5.41, 5.74) is -0.525. The number of hydrogen-bond acceptors (Lipinski definition) is 5. The second kappa shape index (κ2) is 4.18. The van der Waals surface area contributed by atoms with E-state index in [9.17, 15) is 9.90 Å². The van der Waals surface area contributed by atoms with Crippen molar-refractivity contribution >= 4 is 5.65 Å². The molecule has 0 amide bonds. The SMILES string of the molecule is O=c1[nH]ccn2c(CNCC3(O)CCC3)nnc12. The molecule has 1 aliphatic carbocycles.